The molecule has 0 unspecified atom stereocenters. The molecular formula is C12H11N5O2S. The van der Waals surface area contributed by atoms with Gasteiger partial charge in [0.2, 0.25) is 5.13 Å². The van der Waals surface area contributed by atoms with E-state index in [4.69, 9.17) is 4.42 Å². The molecule has 3 heterocycles. The first-order valence-electron chi connectivity index (χ1n) is 5.99. The first-order valence-corrected chi connectivity index (χ1v) is 6.81. The monoisotopic (exact) mass is 289 g/mol. The van der Waals surface area contributed by atoms with Gasteiger partial charge in [-0.1, -0.05) is 30.4 Å². The Hall–Kier alpha value is -2.35. The first kappa shape index (κ1) is 12.7. The van der Waals surface area contributed by atoms with Crippen LogP contribution in [-0.4, -0.2) is 31.5 Å². The summed E-state index contributed by atoms with van der Waals surface area (Å²) < 4.78 is 6.81. The molecule has 102 valence electrons. The van der Waals surface area contributed by atoms with E-state index in [1.54, 1.807) is 12.1 Å². The van der Waals surface area contributed by atoms with Gasteiger partial charge in [-0.05, 0) is 12.1 Å². The van der Waals surface area contributed by atoms with Crippen LogP contribution in [0, 0.1) is 0 Å². The van der Waals surface area contributed by atoms with Crippen molar-refractivity contribution in [2.75, 3.05) is 0 Å². The molecule has 0 fully saturated rings. The summed E-state index contributed by atoms with van der Waals surface area (Å²) in [5, 5.41) is 17.5. The average molecular weight is 289 g/mol. The fourth-order valence-corrected chi connectivity index (χ4v) is 2.50. The van der Waals surface area contributed by atoms with E-state index in [0.717, 1.165) is 5.01 Å². The molecule has 0 saturated heterocycles. The zero-order valence-electron chi connectivity index (χ0n) is 10.8. The Bertz CT molecular complexity index is 729. The second kappa shape index (κ2) is 4.97. The fourth-order valence-electron chi connectivity index (χ4n) is 1.70. The van der Waals surface area contributed by atoms with Crippen LogP contribution < -0.4 is 0 Å². The van der Waals surface area contributed by atoms with Gasteiger partial charge < -0.3 is 4.42 Å². The number of aldehydes is 1. The number of rotatable bonds is 4. The molecule has 7 nitrogen and oxygen atoms in total. The summed E-state index contributed by atoms with van der Waals surface area (Å²) in [5.74, 6) is 0.792. The minimum Gasteiger partial charge on any atom is -0.463 e. The van der Waals surface area contributed by atoms with Crippen molar-refractivity contribution in [3.8, 4) is 16.6 Å². The lowest BCUT2D eigenvalue weighted by molar-refractivity contribution is 0.111. The number of hydrogen-bond acceptors (Lipinski definition) is 7. The van der Waals surface area contributed by atoms with Crippen molar-refractivity contribution in [3.05, 3.63) is 29.1 Å². The van der Waals surface area contributed by atoms with Crippen LogP contribution in [-0.2, 0) is 0 Å². The Morgan fingerprint density at radius 2 is 2.20 bits per heavy atom. The largest absolute Gasteiger partial charge is 0.463 e. The number of hydrogen-bond donors (Lipinski definition) is 0. The van der Waals surface area contributed by atoms with Gasteiger partial charge in [-0.15, -0.1) is 15.3 Å². The summed E-state index contributed by atoms with van der Waals surface area (Å²) >= 11 is 1.41. The molecule has 0 atom stereocenters. The molecule has 20 heavy (non-hydrogen) atoms. The van der Waals surface area contributed by atoms with Gasteiger partial charge in [0.1, 0.15) is 10.7 Å². The molecular weight excluding hydrogens is 278 g/mol. The Morgan fingerprint density at radius 1 is 1.35 bits per heavy atom. The fraction of sp³-hybridized carbons (Fsp3) is 0.250. The molecule has 0 spiro atoms. The first-order chi connectivity index (χ1) is 9.70. The highest BCUT2D eigenvalue weighted by Crippen LogP contribution is 2.27. The molecule has 0 aliphatic carbocycles. The molecule has 0 N–H and O–H groups in total. The van der Waals surface area contributed by atoms with Crippen LogP contribution in [0.4, 0.5) is 0 Å². The summed E-state index contributed by atoms with van der Waals surface area (Å²) in [6.45, 7) is 4.08. The molecule has 8 heteroatoms. The maximum Gasteiger partial charge on any atom is 0.234 e. The van der Waals surface area contributed by atoms with E-state index in [-0.39, 0.29) is 11.6 Å². The number of carbonyl (C=O) groups excluding carboxylic acids is 1. The second-order valence-electron chi connectivity index (χ2n) is 4.41. The van der Waals surface area contributed by atoms with Crippen molar-refractivity contribution in [1.29, 1.82) is 0 Å². The van der Waals surface area contributed by atoms with E-state index in [2.05, 4.69) is 20.5 Å². The Balaban J connectivity index is 2.14. The molecule has 0 aromatic carbocycles. The van der Waals surface area contributed by atoms with Crippen LogP contribution in [0.15, 0.2) is 22.8 Å². The lowest BCUT2D eigenvalue weighted by Crippen LogP contribution is -1.99. The van der Waals surface area contributed by atoms with Crippen molar-refractivity contribution in [1.82, 2.24) is 25.2 Å². The average Bonchev–Trinajstić information content (AvgIpc) is 3.17. The Kier molecular flexibility index (Phi) is 3.15. The third-order valence-corrected chi connectivity index (χ3v) is 3.87. The lowest BCUT2D eigenvalue weighted by Gasteiger charge is -1.99. The van der Waals surface area contributed by atoms with Crippen LogP contribution in [0.5, 0.6) is 0 Å². The third-order valence-electron chi connectivity index (χ3n) is 2.67. The zero-order chi connectivity index (χ0) is 14.1. The summed E-state index contributed by atoms with van der Waals surface area (Å²) in [6, 6.07) is 3.48. The highest BCUT2D eigenvalue weighted by molar-refractivity contribution is 7.13. The summed E-state index contributed by atoms with van der Waals surface area (Å²) in [6.07, 6.45) is 2.17. The molecule has 3 rings (SSSR count). The van der Waals surface area contributed by atoms with Gasteiger partial charge in [0.05, 0.1) is 6.26 Å². The number of carbonyl (C=O) groups is 1. The lowest BCUT2D eigenvalue weighted by atomic mass is 10.2. The molecule has 0 saturated carbocycles. The number of furan rings is 1. The third kappa shape index (κ3) is 2.03. The van der Waals surface area contributed by atoms with Crippen LogP contribution in [0.1, 0.15) is 35.3 Å². The maximum atomic E-state index is 11.1. The van der Waals surface area contributed by atoms with E-state index in [9.17, 15) is 4.79 Å². The van der Waals surface area contributed by atoms with Crippen LogP contribution in [0.2, 0.25) is 0 Å². The summed E-state index contributed by atoms with van der Waals surface area (Å²) in [7, 11) is 0. The van der Waals surface area contributed by atoms with Crippen molar-refractivity contribution in [2.45, 2.75) is 19.8 Å². The van der Waals surface area contributed by atoms with Crippen LogP contribution in [0.3, 0.4) is 0 Å². The van der Waals surface area contributed by atoms with Gasteiger partial charge in [-0.25, -0.2) is 0 Å². The predicted octanol–water partition coefficient (Wildman–Crippen LogP) is 2.31. The Morgan fingerprint density at radius 3 is 2.80 bits per heavy atom. The highest BCUT2D eigenvalue weighted by atomic mass is 32.1. The van der Waals surface area contributed by atoms with E-state index in [1.165, 1.54) is 22.3 Å². The quantitative estimate of drug-likeness (QED) is 0.685. The van der Waals surface area contributed by atoms with Gasteiger partial charge in [0.25, 0.3) is 0 Å². The predicted molar refractivity (Wildman–Crippen MR) is 72.0 cm³/mol. The minimum atomic E-state index is 0.209. The van der Waals surface area contributed by atoms with E-state index < -0.39 is 0 Å². The van der Waals surface area contributed by atoms with Gasteiger partial charge in [0, 0.05) is 5.92 Å². The maximum absolute atomic E-state index is 11.1. The minimum absolute atomic E-state index is 0.209. The van der Waals surface area contributed by atoms with Crippen LogP contribution >= 0.6 is 11.3 Å². The smallest absolute Gasteiger partial charge is 0.234 e. The van der Waals surface area contributed by atoms with Gasteiger partial charge >= 0.3 is 0 Å². The van der Waals surface area contributed by atoms with Gasteiger partial charge in [-0.2, -0.15) is 4.68 Å². The van der Waals surface area contributed by atoms with E-state index in [0.29, 0.717) is 22.9 Å². The molecule has 0 aliphatic rings. The van der Waals surface area contributed by atoms with Gasteiger partial charge in [-0.3, -0.25) is 4.79 Å². The second-order valence-corrected chi connectivity index (χ2v) is 5.40. The zero-order valence-corrected chi connectivity index (χ0v) is 11.7. The van der Waals surface area contributed by atoms with E-state index in [1.807, 2.05) is 13.8 Å². The molecule has 0 amide bonds. The van der Waals surface area contributed by atoms with Crippen LogP contribution in [0.25, 0.3) is 16.6 Å². The molecule has 3 aromatic rings. The van der Waals surface area contributed by atoms with E-state index >= 15 is 0 Å². The molecule has 0 aliphatic heterocycles. The molecule has 3 aromatic heterocycles. The van der Waals surface area contributed by atoms with Crippen molar-refractivity contribution < 1.29 is 9.21 Å². The highest BCUT2D eigenvalue weighted by Gasteiger charge is 2.21. The van der Waals surface area contributed by atoms with Crippen molar-refractivity contribution >= 4 is 17.6 Å². The molecule has 0 radical (unpaired) electrons. The number of nitrogens with zero attached hydrogens (tertiary/aromatic N) is 5. The van der Waals surface area contributed by atoms with Gasteiger partial charge in [0.15, 0.2) is 17.7 Å². The van der Waals surface area contributed by atoms with Crippen molar-refractivity contribution in [3.63, 3.8) is 0 Å². The molecule has 0 bridgehead atoms. The SMILES string of the molecule is CC(C)c1nnc(-n2nnc(C=O)c2-c2ccco2)s1. The standard InChI is InChI=1S/C12H11N5O2S/c1-7(2)11-14-15-12(20-11)17-10(8(6-18)13-16-17)9-4-3-5-19-9/h3-7H,1-2H3. The Labute approximate surface area is 118 Å². The summed E-state index contributed by atoms with van der Waals surface area (Å²) in [4.78, 5) is 11.1. The van der Waals surface area contributed by atoms with Crippen molar-refractivity contribution in [2.24, 2.45) is 0 Å². The number of aromatic nitrogens is 5. The topological polar surface area (TPSA) is 86.7 Å². The summed E-state index contributed by atoms with van der Waals surface area (Å²) in [5.41, 5.74) is 0.692. The normalized spacial score (nSPS) is 11.2.